The number of carbonyl (C=O) groups excluding carboxylic acids is 2. The fourth-order valence-electron chi connectivity index (χ4n) is 4.71. The smallest absolute Gasteiger partial charge is 0.251 e. The SMILES string of the molecule is COc1cccc(CNC[C@@H](O)[C@H](Cc2cc(F)cc(F)c2)NC(=O)c2cccc(C(=O)N[C@H](C)c3ccccc3)c2)c1. The Bertz CT molecular complexity index is 1510. The molecule has 0 aromatic heterocycles. The molecule has 0 heterocycles. The maximum Gasteiger partial charge on any atom is 0.251 e. The van der Waals surface area contributed by atoms with Gasteiger partial charge in [-0.2, -0.15) is 0 Å². The molecular formula is C34H35F2N3O4. The highest BCUT2D eigenvalue weighted by Crippen LogP contribution is 2.16. The maximum atomic E-state index is 13.9. The molecule has 2 amide bonds. The standard InChI is InChI=1S/C34H35F2N3O4/c1-22(25-9-4-3-5-10-25)38-33(41)26-11-7-12-27(18-26)34(42)39-31(17-24-14-28(35)19-29(36)15-24)32(40)21-37-20-23-8-6-13-30(16-23)43-2/h3-16,18-19,22,31-32,37,40H,17,20-21H2,1-2H3,(H,38,41)(H,39,42)/t22-,31+,32-/m1/s1. The summed E-state index contributed by atoms with van der Waals surface area (Å²) in [5.74, 6) is -1.70. The Morgan fingerprint density at radius 3 is 2.12 bits per heavy atom. The van der Waals surface area contributed by atoms with Crippen molar-refractivity contribution in [3.63, 3.8) is 0 Å². The van der Waals surface area contributed by atoms with Gasteiger partial charge in [-0.1, -0.05) is 48.5 Å². The van der Waals surface area contributed by atoms with E-state index in [2.05, 4.69) is 16.0 Å². The Labute approximate surface area is 249 Å². The van der Waals surface area contributed by atoms with E-state index in [9.17, 15) is 23.5 Å². The lowest BCUT2D eigenvalue weighted by molar-refractivity contribution is 0.0830. The number of aliphatic hydroxyl groups is 1. The Hall–Kier alpha value is -4.60. The van der Waals surface area contributed by atoms with Crippen molar-refractivity contribution in [1.29, 1.82) is 0 Å². The van der Waals surface area contributed by atoms with Crippen LogP contribution >= 0.6 is 0 Å². The zero-order valence-corrected chi connectivity index (χ0v) is 24.0. The van der Waals surface area contributed by atoms with Crippen molar-refractivity contribution in [2.75, 3.05) is 13.7 Å². The average Bonchev–Trinajstić information content (AvgIpc) is 3.00. The van der Waals surface area contributed by atoms with E-state index in [0.29, 0.717) is 17.9 Å². The van der Waals surface area contributed by atoms with Crippen molar-refractivity contribution in [3.05, 3.63) is 137 Å². The van der Waals surface area contributed by atoms with Crippen LogP contribution in [-0.2, 0) is 13.0 Å². The number of halogens is 2. The first-order valence-corrected chi connectivity index (χ1v) is 13.9. The van der Waals surface area contributed by atoms with Crippen molar-refractivity contribution in [2.45, 2.75) is 38.1 Å². The Balaban J connectivity index is 1.46. The molecule has 0 aliphatic carbocycles. The third-order valence-electron chi connectivity index (χ3n) is 7.01. The minimum Gasteiger partial charge on any atom is -0.497 e. The largest absolute Gasteiger partial charge is 0.497 e. The lowest BCUT2D eigenvalue weighted by Crippen LogP contribution is -2.48. The van der Waals surface area contributed by atoms with Gasteiger partial charge in [0.2, 0.25) is 0 Å². The molecule has 0 radical (unpaired) electrons. The molecule has 4 N–H and O–H groups in total. The van der Waals surface area contributed by atoms with Crippen LogP contribution < -0.4 is 20.7 Å². The van der Waals surface area contributed by atoms with Gasteiger partial charge in [-0.15, -0.1) is 0 Å². The van der Waals surface area contributed by atoms with Crippen LogP contribution in [0.3, 0.4) is 0 Å². The van der Waals surface area contributed by atoms with E-state index in [1.54, 1.807) is 25.3 Å². The predicted octanol–water partition coefficient (Wildman–Crippen LogP) is 4.96. The second kappa shape index (κ2) is 15.0. The number of hydrogen-bond acceptors (Lipinski definition) is 5. The molecule has 4 rings (SSSR count). The van der Waals surface area contributed by atoms with Gasteiger partial charge in [0.15, 0.2) is 0 Å². The maximum absolute atomic E-state index is 13.9. The average molecular weight is 588 g/mol. The summed E-state index contributed by atoms with van der Waals surface area (Å²) < 4.78 is 33.1. The van der Waals surface area contributed by atoms with E-state index in [0.717, 1.165) is 29.3 Å². The van der Waals surface area contributed by atoms with Gasteiger partial charge in [0.05, 0.1) is 25.3 Å². The van der Waals surface area contributed by atoms with Gasteiger partial charge in [0.1, 0.15) is 17.4 Å². The lowest BCUT2D eigenvalue weighted by Gasteiger charge is -2.25. The normalized spacial score (nSPS) is 13.0. The predicted molar refractivity (Wildman–Crippen MR) is 161 cm³/mol. The third kappa shape index (κ3) is 9.19. The monoisotopic (exact) mass is 587 g/mol. The summed E-state index contributed by atoms with van der Waals surface area (Å²) in [6, 6.07) is 25.1. The van der Waals surface area contributed by atoms with Crippen LogP contribution in [0.2, 0.25) is 0 Å². The number of amides is 2. The molecule has 0 bridgehead atoms. The molecule has 4 aromatic rings. The van der Waals surface area contributed by atoms with Crippen LogP contribution in [0.25, 0.3) is 0 Å². The van der Waals surface area contributed by atoms with Crippen molar-refractivity contribution in [3.8, 4) is 5.75 Å². The molecule has 0 spiro atoms. The quantitative estimate of drug-likeness (QED) is 0.177. The molecule has 3 atom stereocenters. The van der Waals surface area contributed by atoms with E-state index < -0.39 is 29.7 Å². The van der Waals surface area contributed by atoms with E-state index in [4.69, 9.17) is 4.74 Å². The van der Waals surface area contributed by atoms with Crippen LogP contribution in [0.4, 0.5) is 8.78 Å². The Kier molecular flexibility index (Phi) is 11.0. The van der Waals surface area contributed by atoms with E-state index in [1.807, 2.05) is 61.5 Å². The van der Waals surface area contributed by atoms with E-state index in [-0.39, 0.29) is 36.0 Å². The molecule has 0 saturated heterocycles. The molecule has 43 heavy (non-hydrogen) atoms. The van der Waals surface area contributed by atoms with Gasteiger partial charge in [-0.05, 0) is 72.5 Å². The van der Waals surface area contributed by atoms with Gasteiger partial charge in [0.25, 0.3) is 11.8 Å². The number of ether oxygens (including phenoxy) is 1. The number of hydrogen-bond donors (Lipinski definition) is 4. The number of methoxy groups -OCH3 is 1. The summed E-state index contributed by atoms with van der Waals surface area (Å²) in [6.07, 6.45) is -1.14. The van der Waals surface area contributed by atoms with E-state index in [1.165, 1.54) is 6.07 Å². The first kappa shape index (κ1) is 31.3. The Morgan fingerprint density at radius 2 is 1.44 bits per heavy atom. The molecular weight excluding hydrogens is 552 g/mol. The molecule has 0 fully saturated rings. The van der Waals surface area contributed by atoms with Gasteiger partial charge >= 0.3 is 0 Å². The number of rotatable bonds is 13. The lowest BCUT2D eigenvalue weighted by atomic mass is 9.99. The highest BCUT2D eigenvalue weighted by molar-refractivity contribution is 5.99. The minimum absolute atomic E-state index is 0.0306. The highest BCUT2D eigenvalue weighted by atomic mass is 19.1. The summed E-state index contributed by atoms with van der Waals surface area (Å²) in [4.78, 5) is 26.3. The van der Waals surface area contributed by atoms with Gasteiger partial charge in [-0.3, -0.25) is 9.59 Å². The number of aliphatic hydroxyl groups excluding tert-OH is 1. The van der Waals surface area contributed by atoms with E-state index >= 15 is 0 Å². The van der Waals surface area contributed by atoms with Crippen molar-refractivity contribution < 1.29 is 28.2 Å². The van der Waals surface area contributed by atoms with Crippen LogP contribution in [0.1, 0.15) is 50.4 Å². The first-order chi connectivity index (χ1) is 20.7. The second-order valence-corrected chi connectivity index (χ2v) is 10.3. The van der Waals surface area contributed by atoms with Crippen LogP contribution in [0.15, 0.2) is 97.1 Å². The second-order valence-electron chi connectivity index (χ2n) is 10.3. The van der Waals surface area contributed by atoms with Crippen molar-refractivity contribution in [2.24, 2.45) is 0 Å². The summed E-state index contributed by atoms with van der Waals surface area (Å²) in [5.41, 5.74) is 2.63. The molecule has 224 valence electrons. The van der Waals surface area contributed by atoms with Crippen molar-refractivity contribution in [1.82, 2.24) is 16.0 Å². The summed E-state index contributed by atoms with van der Waals surface area (Å²) >= 11 is 0. The zero-order valence-electron chi connectivity index (χ0n) is 24.0. The van der Waals surface area contributed by atoms with Gasteiger partial charge in [-0.25, -0.2) is 8.78 Å². The number of benzene rings is 4. The fraction of sp³-hybridized carbons (Fsp3) is 0.235. The molecule has 0 aliphatic heterocycles. The first-order valence-electron chi connectivity index (χ1n) is 13.9. The summed E-state index contributed by atoms with van der Waals surface area (Å²) in [7, 11) is 1.58. The molecule has 0 unspecified atom stereocenters. The van der Waals surface area contributed by atoms with Crippen molar-refractivity contribution >= 4 is 11.8 Å². The molecule has 0 saturated carbocycles. The van der Waals surface area contributed by atoms with Gasteiger partial charge < -0.3 is 25.8 Å². The number of nitrogens with one attached hydrogen (secondary N) is 3. The number of carbonyl (C=O) groups is 2. The third-order valence-corrected chi connectivity index (χ3v) is 7.01. The summed E-state index contributed by atoms with van der Waals surface area (Å²) in [6.45, 7) is 2.37. The molecule has 4 aromatic carbocycles. The molecule has 9 heteroatoms. The molecule has 0 aliphatic rings. The topological polar surface area (TPSA) is 99.7 Å². The highest BCUT2D eigenvalue weighted by Gasteiger charge is 2.24. The van der Waals surface area contributed by atoms with Crippen LogP contribution in [-0.4, -0.2) is 42.7 Å². The zero-order chi connectivity index (χ0) is 30.8. The van der Waals surface area contributed by atoms with Crippen LogP contribution in [0, 0.1) is 11.6 Å². The fourth-order valence-corrected chi connectivity index (χ4v) is 4.71. The van der Waals surface area contributed by atoms with Crippen LogP contribution in [0.5, 0.6) is 5.75 Å². The van der Waals surface area contributed by atoms with Gasteiger partial charge in [0, 0.05) is 30.3 Å². The minimum atomic E-state index is -1.11. The Morgan fingerprint density at radius 1 is 0.791 bits per heavy atom. The summed E-state index contributed by atoms with van der Waals surface area (Å²) in [5, 5.41) is 20.0. The molecule has 7 nitrogen and oxygen atoms in total.